The molecule has 3 rings (SSSR count). The van der Waals surface area contributed by atoms with Crippen LogP contribution in [0.4, 0.5) is 0 Å². The van der Waals surface area contributed by atoms with E-state index >= 15 is 0 Å². The average Bonchev–Trinajstić information content (AvgIpc) is 3.29. The first-order chi connectivity index (χ1) is 11.4. The third kappa shape index (κ3) is 4.94. The number of hydrogen-bond acceptors (Lipinski definition) is 3. The van der Waals surface area contributed by atoms with Crippen molar-refractivity contribution in [3.8, 4) is 5.69 Å². The number of benzene rings is 1. The first kappa shape index (κ1) is 18.7. The number of rotatable bonds is 5. The molecule has 7 heteroatoms. The number of para-hydroxylation sites is 1. The first-order valence-corrected chi connectivity index (χ1v) is 7.99. The van der Waals surface area contributed by atoms with Crippen LogP contribution in [0.2, 0.25) is 0 Å². The molecule has 2 heterocycles. The molecule has 2 N–H and O–H groups in total. The Morgan fingerprint density at radius 1 is 1.38 bits per heavy atom. The van der Waals surface area contributed by atoms with E-state index in [1.165, 1.54) is 5.56 Å². The van der Waals surface area contributed by atoms with Gasteiger partial charge in [0.05, 0.1) is 18.1 Å². The summed E-state index contributed by atoms with van der Waals surface area (Å²) < 4.78 is 7.64. The summed E-state index contributed by atoms with van der Waals surface area (Å²) in [7, 11) is 1.78. The molecule has 1 aromatic carbocycles. The summed E-state index contributed by atoms with van der Waals surface area (Å²) in [4.78, 5) is 8.39. The molecule has 130 valence electrons. The molecule has 0 amide bonds. The van der Waals surface area contributed by atoms with Crippen molar-refractivity contribution in [2.45, 2.75) is 25.5 Å². The summed E-state index contributed by atoms with van der Waals surface area (Å²) in [6, 6.07) is 8.26. The minimum Gasteiger partial charge on any atom is -0.376 e. The van der Waals surface area contributed by atoms with Crippen molar-refractivity contribution in [3.05, 3.63) is 48.5 Å². The van der Waals surface area contributed by atoms with Crippen LogP contribution in [0.1, 0.15) is 18.4 Å². The second-order valence-corrected chi connectivity index (χ2v) is 5.54. The summed E-state index contributed by atoms with van der Waals surface area (Å²) in [6.07, 6.45) is 8.11. The molecule has 0 radical (unpaired) electrons. The van der Waals surface area contributed by atoms with E-state index in [9.17, 15) is 0 Å². The molecular formula is C17H24IN5O. The van der Waals surface area contributed by atoms with Gasteiger partial charge in [-0.25, -0.2) is 4.98 Å². The predicted molar refractivity (Wildman–Crippen MR) is 106 cm³/mol. The standard InChI is InChI=1S/C17H23N5O.HI/c1-18-17(21-12-15-6-4-10-23-15)20-11-14-5-2-3-7-16(14)22-9-8-19-13-22;/h2-3,5,7-9,13,15H,4,6,10-12H2,1H3,(H2,18,20,21);1H. The number of aromatic nitrogens is 2. The molecule has 1 aliphatic rings. The first-order valence-electron chi connectivity index (χ1n) is 7.99. The number of imidazole rings is 1. The van der Waals surface area contributed by atoms with Gasteiger partial charge in [0.25, 0.3) is 0 Å². The minimum absolute atomic E-state index is 0. The number of ether oxygens (including phenoxy) is 1. The van der Waals surface area contributed by atoms with Crippen molar-refractivity contribution >= 4 is 29.9 Å². The van der Waals surface area contributed by atoms with Gasteiger partial charge in [0.15, 0.2) is 5.96 Å². The van der Waals surface area contributed by atoms with Crippen molar-refractivity contribution in [3.63, 3.8) is 0 Å². The summed E-state index contributed by atoms with van der Waals surface area (Å²) in [5.74, 6) is 0.793. The Kier molecular flexibility index (Phi) is 7.51. The zero-order valence-electron chi connectivity index (χ0n) is 13.8. The number of guanidine groups is 1. The highest BCUT2D eigenvalue weighted by atomic mass is 127. The lowest BCUT2D eigenvalue weighted by molar-refractivity contribution is 0.114. The van der Waals surface area contributed by atoms with E-state index in [1.54, 1.807) is 13.2 Å². The van der Waals surface area contributed by atoms with Crippen molar-refractivity contribution in [2.24, 2.45) is 4.99 Å². The molecule has 1 unspecified atom stereocenters. The second-order valence-electron chi connectivity index (χ2n) is 5.54. The van der Waals surface area contributed by atoms with Crippen LogP contribution < -0.4 is 10.6 Å². The zero-order valence-corrected chi connectivity index (χ0v) is 16.1. The third-order valence-corrected chi connectivity index (χ3v) is 3.97. The fourth-order valence-corrected chi connectivity index (χ4v) is 2.73. The fraction of sp³-hybridized carbons (Fsp3) is 0.412. The van der Waals surface area contributed by atoms with Gasteiger partial charge >= 0.3 is 0 Å². The van der Waals surface area contributed by atoms with Crippen LogP contribution in [0.25, 0.3) is 5.69 Å². The Labute approximate surface area is 159 Å². The van der Waals surface area contributed by atoms with Crippen molar-refractivity contribution < 1.29 is 4.74 Å². The van der Waals surface area contributed by atoms with E-state index in [-0.39, 0.29) is 24.0 Å². The van der Waals surface area contributed by atoms with E-state index in [0.717, 1.165) is 37.6 Å². The molecule has 1 fully saturated rings. The van der Waals surface area contributed by atoms with Crippen molar-refractivity contribution in [1.82, 2.24) is 20.2 Å². The zero-order chi connectivity index (χ0) is 15.9. The lowest BCUT2D eigenvalue weighted by Gasteiger charge is -2.16. The van der Waals surface area contributed by atoms with Gasteiger partial charge < -0.3 is 19.9 Å². The van der Waals surface area contributed by atoms with Crippen LogP contribution >= 0.6 is 24.0 Å². The maximum absolute atomic E-state index is 5.62. The van der Waals surface area contributed by atoms with Gasteiger partial charge in [-0.3, -0.25) is 4.99 Å². The van der Waals surface area contributed by atoms with Gasteiger partial charge in [-0.1, -0.05) is 18.2 Å². The van der Waals surface area contributed by atoms with Gasteiger partial charge in [0, 0.05) is 39.1 Å². The van der Waals surface area contributed by atoms with E-state index < -0.39 is 0 Å². The monoisotopic (exact) mass is 441 g/mol. The van der Waals surface area contributed by atoms with Gasteiger partial charge in [-0.05, 0) is 24.5 Å². The van der Waals surface area contributed by atoms with Crippen molar-refractivity contribution in [1.29, 1.82) is 0 Å². The van der Waals surface area contributed by atoms with Gasteiger partial charge in [-0.2, -0.15) is 0 Å². The van der Waals surface area contributed by atoms with E-state index in [0.29, 0.717) is 12.6 Å². The van der Waals surface area contributed by atoms with Gasteiger partial charge in [0.1, 0.15) is 0 Å². The molecule has 0 aliphatic carbocycles. The van der Waals surface area contributed by atoms with Crippen molar-refractivity contribution in [2.75, 3.05) is 20.2 Å². The number of nitrogens with zero attached hydrogens (tertiary/aromatic N) is 3. The molecule has 1 saturated heterocycles. The van der Waals surface area contributed by atoms with Crippen LogP contribution in [0.5, 0.6) is 0 Å². The summed E-state index contributed by atoms with van der Waals surface area (Å²) >= 11 is 0. The number of nitrogens with one attached hydrogen (secondary N) is 2. The fourth-order valence-electron chi connectivity index (χ4n) is 2.73. The molecule has 6 nitrogen and oxygen atoms in total. The van der Waals surface area contributed by atoms with Crippen LogP contribution in [-0.2, 0) is 11.3 Å². The summed E-state index contributed by atoms with van der Waals surface area (Å²) in [5, 5.41) is 6.69. The highest BCUT2D eigenvalue weighted by molar-refractivity contribution is 14.0. The largest absolute Gasteiger partial charge is 0.376 e. The summed E-state index contributed by atoms with van der Waals surface area (Å²) in [5.41, 5.74) is 2.30. The Hall–Kier alpha value is -1.61. The number of aliphatic imine (C=N–C) groups is 1. The Balaban J connectivity index is 0.00000208. The van der Waals surface area contributed by atoms with Crippen LogP contribution in [-0.4, -0.2) is 41.8 Å². The Bertz CT molecular complexity index is 638. The maximum Gasteiger partial charge on any atom is 0.191 e. The second kappa shape index (κ2) is 9.63. The molecule has 2 aromatic rings. The maximum atomic E-state index is 5.62. The molecule has 1 atom stereocenters. The van der Waals surface area contributed by atoms with Crippen LogP contribution in [0.3, 0.4) is 0 Å². The van der Waals surface area contributed by atoms with E-state index in [4.69, 9.17) is 4.74 Å². The highest BCUT2D eigenvalue weighted by Crippen LogP contribution is 2.14. The third-order valence-electron chi connectivity index (χ3n) is 3.97. The van der Waals surface area contributed by atoms with Gasteiger partial charge in [-0.15, -0.1) is 24.0 Å². The molecule has 1 aromatic heterocycles. The predicted octanol–water partition coefficient (Wildman–Crippen LogP) is 2.33. The average molecular weight is 441 g/mol. The molecule has 1 aliphatic heterocycles. The topological polar surface area (TPSA) is 63.5 Å². The smallest absolute Gasteiger partial charge is 0.191 e. The van der Waals surface area contributed by atoms with Crippen LogP contribution in [0, 0.1) is 0 Å². The molecule has 0 spiro atoms. The highest BCUT2D eigenvalue weighted by Gasteiger charge is 2.15. The van der Waals surface area contributed by atoms with Gasteiger partial charge in [0.2, 0.25) is 0 Å². The number of halogens is 1. The normalized spacial score (nSPS) is 17.4. The quantitative estimate of drug-likeness (QED) is 0.425. The SMILES string of the molecule is CN=C(NCc1ccccc1-n1ccnc1)NCC1CCCO1.I. The number of hydrogen-bond donors (Lipinski definition) is 2. The van der Waals surface area contributed by atoms with E-state index in [1.807, 2.05) is 29.2 Å². The molecular weight excluding hydrogens is 417 g/mol. The molecule has 0 saturated carbocycles. The minimum atomic E-state index is 0. The lowest BCUT2D eigenvalue weighted by Crippen LogP contribution is -2.40. The Morgan fingerprint density at radius 2 is 2.25 bits per heavy atom. The van der Waals surface area contributed by atoms with Crippen LogP contribution in [0.15, 0.2) is 48.0 Å². The molecule has 0 bridgehead atoms. The Morgan fingerprint density at radius 3 is 2.96 bits per heavy atom. The van der Waals surface area contributed by atoms with E-state index in [2.05, 4.69) is 32.7 Å². The summed E-state index contributed by atoms with van der Waals surface area (Å²) in [6.45, 7) is 2.36. The lowest BCUT2D eigenvalue weighted by atomic mass is 10.1. The molecule has 24 heavy (non-hydrogen) atoms.